The van der Waals surface area contributed by atoms with E-state index in [1.54, 1.807) is 13.0 Å². The first kappa shape index (κ1) is 11.5. The molecule has 0 bridgehead atoms. The summed E-state index contributed by atoms with van der Waals surface area (Å²) in [6.45, 7) is 2.08. The number of ether oxygens (including phenoxy) is 1. The lowest BCUT2D eigenvalue weighted by molar-refractivity contribution is 0.0531. The quantitative estimate of drug-likeness (QED) is 0.784. The highest BCUT2D eigenvalue weighted by Gasteiger charge is 2.17. The van der Waals surface area contributed by atoms with Crippen LogP contribution in [0.1, 0.15) is 16.6 Å². The van der Waals surface area contributed by atoms with Gasteiger partial charge in [-0.3, -0.25) is 0 Å². The lowest BCUT2D eigenvalue weighted by Gasteiger charge is -1.98. The molecule has 0 fully saturated rings. The molecular formula is C11H8BrFO2S. The zero-order valence-corrected chi connectivity index (χ0v) is 10.8. The van der Waals surface area contributed by atoms with E-state index in [0.717, 1.165) is 4.70 Å². The lowest BCUT2D eigenvalue weighted by Crippen LogP contribution is -2.02. The first-order valence-corrected chi connectivity index (χ1v) is 6.29. The Kier molecular flexibility index (Phi) is 3.25. The third kappa shape index (κ3) is 1.97. The molecule has 0 N–H and O–H groups in total. The molecule has 0 aliphatic rings. The minimum absolute atomic E-state index is 0.318. The van der Waals surface area contributed by atoms with Gasteiger partial charge in [0.15, 0.2) is 0 Å². The molecule has 2 nitrogen and oxygen atoms in total. The first-order valence-electron chi connectivity index (χ1n) is 4.68. The fraction of sp³-hybridized carbons (Fsp3) is 0.182. The SMILES string of the molecule is CCOC(=O)c1sc2ccc(F)cc2c1Br. The molecule has 0 saturated heterocycles. The van der Waals surface area contributed by atoms with Crippen LogP contribution in [0.4, 0.5) is 4.39 Å². The summed E-state index contributed by atoms with van der Waals surface area (Å²) in [5, 5.41) is 0.702. The molecule has 0 aliphatic heterocycles. The fourth-order valence-corrected chi connectivity index (χ4v) is 3.20. The third-order valence-electron chi connectivity index (χ3n) is 2.05. The summed E-state index contributed by atoms with van der Waals surface area (Å²) in [4.78, 5) is 12.1. The summed E-state index contributed by atoms with van der Waals surface area (Å²) in [6.07, 6.45) is 0. The summed E-state index contributed by atoms with van der Waals surface area (Å²) in [6, 6.07) is 4.43. The van der Waals surface area contributed by atoms with Crippen LogP contribution in [0.15, 0.2) is 22.7 Å². The molecule has 1 aromatic heterocycles. The minimum atomic E-state index is -0.379. The molecule has 0 radical (unpaired) electrons. The number of thiophene rings is 1. The molecule has 1 aromatic carbocycles. The Balaban J connectivity index is 2.56. The molecule has 1 heterocycles. The maximum atomic E-state index is 13.0. The second kappa shape index (κ2) is 4.51. The number of esters is 1. The Labute approximate surface area is 104 Å². The summed E-state index contributed by atoms with van der Waals surface area (Å²) < 4.78 is 19.4. The summed E-state index contributed by atoms with van der Waals surface area (Å²) in [7, 11) is 0. The van der Waals surface area contributed by atoms with Gasteiger partial charge in [0.25, 0.3) is 0 Å². The van der Waals surface area contributed by atoms with Crippen LogP contribution >= 0.6 is 27.3 Å². The van der Waals surface area contributed by atoms with E-state index in [0.29, 0.717) is 21.3 Å². The van der Waals surface area contributed by atoms with Crippen LogP contribution < -0.4 is 0 Å². The number of hydrogen-bond acceptors (Lipinski definition) is 3. The zero-order chi connectivity index (χ0) is 11.7. The van der Waals surface area contributed by atoms with Crippen molar-refractivity contribution < 1.29 is 13.9 Å². The Morgan fingerprint density at radius 3 is 3.00 bits per heavy atom. The molecule has 0 spiro atoms. The van der Waals surface area contributed by atoms with Crippen molar-refractivity contribution in [3.05, 3.63) is 33.4 Å². The average molecular weight is 303 g/mol. The average Bonchev–Trinajstić information content (AvgIpc) is 2.57. The highest BCUT2D eigenvalue weighted by Crippen LogP contribution is 2.36. The maximum absolute atomic E-state index is 13.0. The number of benzene rings is 1. The van der Waals surface area contributed by atoms with Gasteiger partial charge in [0.05, 0.1) is 11.1 Å². The van der Waals surface area contributed by atoms with E-state index >= 15 is 0 Å². The van der Waals surface area contributed by atoms with Crippen LogP contribution in [0, 0.1) is 5.82 Å². The van der Waals surface area contributed by atoms with Crippen molar-refractivity contribution >= 4 is 43.3 Å². The maximum Gasteiger partial charge on any atom is 0.349 e. The van der Waals surface area contributed by atoms with Crippen LogP contribution in [-0.4, -0.2) is 12.6 Å². The van der Waals surface area contributed by atoms with Gasteiger partial charge in [-0.2, -0.15) is 0 Å². The van der Waals surface area contributed by atoms with E-state index in [9.17, 15) is 9.18 Å². The molecule has 0 unspecified atom stereocenters. The normalized spacial score (nSPS) is 10.7. The van der Waals surface area contributed by atoms with E-state index in [1.807, 2.05) is 0 Å². The van der Waals surface area contributed by atoms with Gasteiger partial charge in [-0.25, -0.2) is 9.18 Å². The Morgan fingerprint density at radius 1 is 1.56 bits per heavy atom. The highest BCUT2D eigenvalue weighted by molar-refractivity contribution is 9.10. The van der Waals surface area contributed by atoms with Gasteiger partial charge in [0, 0.05) is 10.1 Å². The molecule has 2 aromatic rings. The van der Waals surface area contributed by atoms with Gasteiger partial charge < -0.3 is 4.74 Å². The number of hydrogen-bond donors (Lipinski definition) is 0. The zero-order valence-electron chi connectivity index (χ0n) is 8.42. The molecule has 5 heteroatoms. The second-order valence-corrected chi connectivity index (χ2v) is 4.95. The van der Waals surface area contributed by atoms with E-state index in [1.165, 1.54) is 23.5 Å². The van der Waals surface area contributed by atoms with E-state index < -0.39 is 0 Å². The Hall–Kier alpha value is -0.940. The van der Waals surface area contributed by atoms with Crippen molar-refractivity contribution in [3.63, 3.8) is 0 Å². The van der Waals surface area contributed by atoms with Gasteiger partial charge in [-0.15, -0.1) is 11.3 Å². The Bertz CT molecular complexity index is 550. The van der Waals surface area contributed by atoms with E-state index in [4.69, 9.17) is 4.74 Å². The van der Waals surface area contributed by atoms with Crippen molar-refractivity contribution in [2.45, 2.75) is 6.92 Å². The summed E-state index contributed by atoms with van der Waals surface area (Å²) >= 11 is 4.59. The number of carbonyl (C=O) groups is 1. The number of fused-ring (bicyclic) bond motifs is 1. The highest BCUT2D eigenvalue weighted by atomic mass is 79.9. The van der Waals surface area contributed by atoms with E-state index in [-0.39, 0.29) is 11.8 Å². The van der Waals surface area contributed by atoms with Gasteiger partial charge in [-0.1, -0.05) is 0 Å². The third-order valence-corrected chi connectivity index (χ3v) is 4.29. The summed E-state index contributed by atoms with van der Waals surface area (Å²) in [5.41, 5.74) is 0. The molecule has 16 heavy (non-hydrogen) atoms. The molecule has 2 rings (SSSR count). The van der Waals surface area contributed by atoms with Gasteiger partial charge in [-0.05, 0) is 41.1 Å². The summed E-state index contributed by atoms with van der Waals surface area (Å²) in [5.74, 6) is -0.697. The molecule has 84 valence electrons. The Morgan fingerprint density at radius 2 is 2.31 bits per heavy atom. The number of carbonyl (C=O) groups excluding carboxylic acids is 1. The smallest absolute Gasteiger partial charge is 0.349 e. The molecule has 0 saturated carbocycles. The standard InChI is InChI=1S/C11H8BrFO2S/c1-2-15-11(14)10-9(12)7-5-6(13)3-4-8(7)16-10/h3-5H,2H2,1H3. The first-order chi connectivity index (χ1) is 7.63. The van der Waals surface area contributed by atoms with Crippen molar-refractivity contribution in [2.75, 3.05) is 6.61 Å². The second-order valence-electron chi connectivity index (χ2n) is 3.11. The topological polar surface area (TPSA) is 26.3 Å². The van der Waals surface area contributed by atoms with Crippen LogP contribution in [0.2, 0.25) is 0 Å². The molecule has 0 aliphatic carbocycles. The molecule has 0 amide bonds. The fourth-order valence-electron chi connectivity index (χ4n) is 1.37. The van der Waals surface area contributed by atoms with Crippen molar-refractivity contribution in [1.82, 2.24) is 0 Å². The van der Waals surface area contributed by atoms with Crippen LogP contribution in [0.5, 0.6) is 0 Å². The van der Waals surface area contributed by atoms with Gasteiger partial charge in [0.2, 0.25) is 0 Å². The monoisotopic (exact) mass is 302 g/mol. The largest absolute Gasteiger partial charge is 0.462 e. The van der Waals surface area contributed by atoms with Crippen molar-refractivity contribution in [3.8, 4) is 0 Å². The van der Waals surface area contributed by atoms with Crippen LogP contribution in [0.25, 0.3) is 10.1 Å². The van der Waals surface area contributed by atoms with Crippen LogP contribution in [-0.2, 0) is 4.74 Å². The van der Waals surface area contributed by atoms with Crippen molar-refractivity contribution in [2.24, 2.45) is 0 Å². The predicted octanol–water partition coefficient (Wildman–Crippen LogP) is 3.98. The van der Waals surface area contributed by atoms with E-state index in [2.05, 4.69) is 15.9 Å². The number of halogens is 2. The molecular weight excluding hydrogens is 295 g/mol. The van der Waals surface area contributed by atoms with Gasteiger partial charge in [0.1, 0.15) is 10.7 Å². The van der Waals surface area contributed by atoms with Crippen LogP contribution in [0.3, 0.4) is 0 Å². The predicted molar refractivity (Wildman–Crippen MR) is 65.4 cm³/mol. The van der Waals surface area contributed by atoms with Crippen molar-refractivity contribution in [1.29, 1.82) is 0 Å². The minimum Gasteiger partial charge on any atom is -0.462 e. The number of rotatable bonds is 2. The lowest BCUT2D eigenvalue weighted by atomic mass is 10.2. The molecule has 0 atom stereocenters. The van der Waals surface area contributed by atoms with Gasteiger partial charge >= 0.3 is 5.97 Å².